The summed E-state index contributed by atoms with van der Waals surface area (Å²) in [6.45, 7) is 13.0. The van der Waals surface area contributed by atoms with Crippen molar-refractivity contribution in [2.45, 2.75) is 66.8 Å². The standard InChI is InChI=1S/C17H30N2O/c1-12-13(2)20-16(19-12)11-18-10-14-6-8-15(9-7-14)17(3,4)5/h14-15,18H,6-11H2,1-5H3. The molecule has 20 heavy (non-hydrogen) atoms. The van der Waals surface area contributed by atoms with Crippen molar-refractivity contribution in [1.29, 1.82) is 0 Å². The highest BCUT2D eigenvalue weighted by Gasteiger charge is 2.29. The fourth-order valence-electron chi connectivity index (χ4n) is 3.23. The van der Waals surface area contributed by atoms with E-state index in [1.54, 1.807) is 0 Å². The molecule has 1 heterocycles. The first kappa shape index (κ1) is 15.6. The second-order valence-corrected chi connectivity index (χ2v) is 7.46. The van der Waals surface area contributed by atoms with Crippen molar-refractivity contribution >= 4 is 0 Å². The highest BCUT2D eigenvalue weighted by Crippen LogP contribution is 2.39. The van der Waals surface area contributed by atoms with Gasteiger partial charge in [0.2, 0.25) is 5.89 Å². The van der Waals surface area contributed by atoms with Crippen molar-refractivity contribution in [3.63, 3.8) is 0 Å². The maximum absolute atomic E-state index is 5.59. The first-order valence-electron chi connectivity index (χ1n) is 8.00. The van der Waals surface area contributed by atoms with Crippen LogP contribution < -0.4 is 5.32 Å². The molecule has 0 saturated heterocycles. The molecule has 1 fully saturated rings. The smallest absolute Gasteiger partial charge is 0.208 e. The first-order chi connectivity index (χ1) is 9.36. The van der Waals surface area contributed by atoms with E-state index >= 15 is 0 Å². The Morgan fingerprint density at radius 3 is 2.30 bits per heavy atom. The number of oxazole rings is 1. The van der Waals surface area contributed by atoms with Crippen molar-refractivity contribution in [3.05, 3.63) is 17.3 Å². The van der Waals surface area contributed by atoms with Crippen LogP contribution >= 0.6 is 0 Å². The van der Waals surface area contributed by atoms with Crippen molar-refractivity contribution in [1.82, 2.24) is 10.3 Å². The van der Waals surface area contributed by atoms with E-state index in [9.17, 15) is 0 Å². The van der Waals surface area contributed by atoms with Crippen molar-refractivity contribution in [2.24, 2.45) is 17.3 Å². The number of nitrogens with zero attached hydrogens (tertiary/aromatic N) is 1. The number of aryl methyl sites for hydroxylation is 2. The van der Waals surface area contributed by atoms with Crippen LogP contribution in [0.4, 0.5) is 0 Å². The van der Waals surface area contributed by atoms with Gasteiger partial charge < -0.3 is 9.73 Å². The Kier molecular flexibility index (Phi) is 4.90. The Morgan fingerprint density at radius 2 is 1.80 bits per heavy atom. The van der Waals surface area contributed by atoms with Gasteiger partial charge in [0.05, 0.1) is 12.2 Å². The van der Waals surface area contributed by atoms with Crippen LogP contribution in [0.3, 0.4) is 0 Å². The minimum Gasteiger partial charge on any atom is -0.444 e. The van der Waals surface area contributed by atoms with Crippen LogP contribution in [0, 0.1) is 31.1 Å². The molecule has 0 spiro atoms. The SMILES string of the molecule is Cc1nc(CNCC2CCC(C(C)(C)C)CC2)oc1C. The first-order valence-corrected chi connectivity index (χ1v) is 8.00. The lowest BCUT2D eigenvalue weighted by atomic mass is 9.70. The van der Waals surface area contributed by atoms with Crippen LogP contribution in [-0.2, 0) is 6.54 Å². The van der Waals surface area contributed by atoms with Crippen molar-refractivity contribution in [3.8, 4) is 0 Å². The topological polar surface area (TPSA) is 38.1 Å². The average Bonchev–Trinajstić information content (AvgIpc) is 2.68. The van der Waals surface area contributed by atoms with Gasteiger partial charge in [-0.2, -0.15) is 0 Å². The van der Waals surface area contributed by atoms with E-state index in [0.717, 1.165) is 42.3 Å². The summed E-state index contributed by atoms with van der Waals surface area (Å²) in [6, 6.07) is 0. The van der Waals surface area contributed by atoms with Crippen LogP contribution in [0.5, 0.6) is 0 Å². The van der Waals surface area contributed by atoms with Gasteiger partial charge in [-0.1, -0.05) is 20.8 Å². The molecule has 0 unspecified atom stereocenters. The maximum atomic E-state index is 5.59. The zero-order chi connectivity index (χ0) is 14.8. The molecule has 1 aliphatic carbocycles. The van der Waals surface area contributed by atoms with Crippen LogP contribution in [-0.4, -0.2) is 11.5 Å². The third kappa shape index (κ3) is 4.08. The van der Waals surface area contributed by atoms with E-state index in [4.69, 9.17) is 4.42 Å². The summed E-state index contributed by atoms with van der Waals surface area (Å²) in [4.78, 5) is 4.41. The van der Waals surface area contributed by atoms with E-state index in [1.807, 2.05) is 13.8 Å². The van der Waals surface area contributed by atoms with Gasteiger partial charge in [0.15, 0.2) is 0 Å². The molecule has 0 aliphatic heterocycles. The molecule has 3 heteroatoms. The zero-order valence-corrected chi connectivity index (χ0v) is 13.8. The molecule has 1 aromatic rings. The molecule has 2 rings (SSSR count). The summed E-state index contributed by atoms with van der Waals surface area (Å²) in [5, 5.41) is 3.51. The van der Waals surface area contributed by atoms with Gasteiger partial charge in [-0.15, -0.1) is 0 Å². The van der Waals surface area contributed by atoms with Crippen molar-refractivity contribution < 1.29 is 4.42 Å². The molecule has 0 radical (unpaired) electrons. The Hall–Kier alpha value is -0.830. The predicted octanol–water partition coefficient (Wildman–Crippen LogP) is 4.23. The van der Waals surface area contributed by atoms with Gasteiger partial charge in [0.1, 0.15) is 5.76 Å². The quantitative estimate of drug-likeness (QED) is 0.895. The molecule has 0 bridgehead atoms. The van der Waals surface area contributed by atoms with Crippen LogP contribution in [0.1, 0.15) is 63.8 Å². The average molecular weight is 278 g/mol. The molecular formula is C17H30N2O. The third-order valence-electron chi connectivity index (χ3n) is 4.85. The molecule has 1 aliphatic rings. The molecule has 1 aromatic heterocycles. The number of rotatable bonds is 4. The lowest BCUT2D eigenvalue weighted by Gasteiger charge is -2.37. The fraction of sp³-hybridized carbons (Fsp3) is 0.824. The molecule has 3 nitrogen and oxygen atoms in total. The third-order valence-corrected chi connectivity index (χ3v) is 4.85. The maximum Gasteiger partial charge on any atom is 0.208 e. The molecule has 1 saturated carbocycles. The number of hydrogen-bond donors (Lipinski definition) is 1. The number of aromatic nitrogens is 1. The summed E-state index contributed by atoms with van der Waals surface area (Å²) in [6.07, 6.45) is 5.48. The molecule has 114 valence electrons. The van der Waals surface area contributed by atoms with E-state index < -0.39 is 0 Å². The van der Waals surface area contributed by atoms with E-state index in [0.29, 0.717) is 5.41 Å². The van der Waals surface area contributed by atoms with Gasteiger partial charge in [-0.05, 0) is 63.3 Å². The highest BCUT2D eigenvalue weighted by atomic mass is 16.4. The van der Waals surface area contributed by atoms with Gasteiger partial charge in [-0.3, -0.25) is 0 Å². The van der Waals surface area contributed by atoms with Gasteiger partial charge in [-0.25, -0.2) is 4.98 Å². The molecule has 1 N–H and O–H groups in total. The highest BCUT2D eigenvalue weighted by molar-refractivity contribution is 5.05. The predicted molar refractivity (Wildman–Crippen MR) is 82.6 cm³/mol. The van der Waals surface area contributed by atoms with Crippen LogP contribution in [0.25, 0.3) is 0 Å². The van der Waals surface area contributed by atoms with Gasteiger partial charge in [0, 0.05) is 0 Å². The summed E-state index contributed by atoms with van der Waals surface area (Å²) in [5.74, 6) is 3.48. The Labute approximate surface area is 123 Å². The van der Waals surface area contributed by atoms with E-state index in [-0.39, 0.29) is 0 Å². The van der Waals surface area contributed by atoms with Crippen LogP contribution in [0.2, 0.25) is 0 Å². The summed E-state index contributed by atoms with van der Waals surface area (Å²) in [5.41, 5.74) is 1.48. The van der Waals surface area contributed by atoms with E-state index in [1.165, 1.54) is 25.7 Å². The Morgan fingerprint density at radius 1 is 1.15 bits per heavy atom. The summed E-state index contributed by atoms with van der Waals surface area (Å²) in [7, 11) is 0. The van der Waals surface area contributed by atoms with E-state index in [2.05, 4.69) is 31.1 Å². The lowest BCUT2D eigenvalue weighted by molar-refractivity contribution is 0.148. The molecular weight excluding hydrogens is 248 g/mol. The fourth-order valence-corrected chi connectivity index (χ4v) is 3.23. The molecule has 0 atom stereocenters. The lowest BCUT2D eigenvalue weighted by Crippen LogP contribution is -2.30. The monoisotopic (exact) mass is 278 g/mol. The van der Waals surface area contributed by atoms with Crippen LogP contribution in [0.15, 0.2) is 4.42 Å². The molecule has 0 amide bonds. The number of nitrogens with one attached hydrogen (secondary N) is 1. The second-order valence-electron chi connectivity index (χ2n) is 7.46. The largest absolute Gasteiger partial charge is 0.444 e. The minimum atomic E-state index is 0.478. The Bertz CT molecular complexity index is 403. The summed E-state index contributed by atoms with van der Waals surface area (Å²) < 4.78 is 5.59. The second kappa shape index (κ2) is 6.30. The number of hydrogen-bond acceptors (Lipinski definition) is 3. The minimum absolute atomic E-state index is 0.478. The van der Waals surface area contributed by atoms with Crippen molar-refractivity contribution in [2.75, 3.05) is 6.54 Å². The zero-order valence-electron chi connectivity index (χ0n) is 13.8. The Balaban J connectivity index is 1.69. The summed E-state index contributed by atoms with van der Waals surface area (Å²) >= 11 is 0. The van der Waals surface area contributed by atoms with Gasteiger partial charge >= 0.3 is 0 Å². The van der Waals surface area contributed by atoms with Gasteiger partial charge in [0.25, 0.3) is 0 Å². The molecule has 0 aromatic carbocycles. The normalized spacial score (nSPS) is 24.1.